The highest BCUT2D eigenvalue weighted by molar-refractivity contribution is 5.94. The Morgan fingerprint density at radius 3 is 2.71 bits per heavy atom. The van der Waals surface area contributed by atoms with Gasteiger partial charge in [-0.15, -0.1) is 0 Å². The molecule has 0 saturated carbocycles. The number of rotatable bonds is 5. The van der Waals surface area contributed by atoms with Gasteiger partial charge in [0.05, 0.1) is 5.56 Å². The summed E-state index contributed by atoms with van der Waals surface area (Å²) in [5.41, 5.74) is 3.24. The van der Waals surface area contributed by atoms with Crippen molar-refractivity contribution in [1.82, 2.24) is 24.8 Å². The van der Waals surface area contributed by atoms with Crippen LogP contribution in [0, 0.1) is 0 Å². The topological polar surface area (TPSA) is 63.1 Å². The highest BCUT2D eigenvalue weighted by Gasteiger charge is 2.30. The maximum Gasteiger partial charge on any atom is 0.252 e. The maximum atomic E-state index is 12.6. The molecule has 4 rings (SSSR count). The van der Waals surface area contributed by atoms with Crippen LogP contribution in [-0.2, 0) is 13.0 Å². The van der Waals surface area contributed by atoms with Gasteiger partial charge in [-0.3, -0.25) is 14.3 Å². The molecule has 0 aliphatic carbocycles. The van der Waals surface area contributed by atoms with E-state index < -0.39 is 0 Å². The van der Waals surface area contributed by atoms with Crippen LogP contribution in [0.1, 0.15) is 35.3 Å². The highest BCUT2D eigenvalue weighted by atomic mass is 16.1. The van der Waals surface area contributed by atoms with E-state index in [9.17, 15) is 4.79 Å². The van der Waals surface area contributed by atoms with Gasteiger partial charge in [0, 0.05) is 43.8 Å². The van der Waals surface area contributed by atoms with Crippen LogP contribution < -0.4 is 5.32 Å². The SMILES string of the molecule is CC(C)(CNC(=O)c1ccc(-n2ccnc2)nc1)N1CCc2ccccc2C1. The first-order valence-corrected chi connectivity index (χ1v) is 9.57. The molecule has 0 spiro atoms. The molecule has 144 valence electrons. The zero-order valence-corrected chi connectivity index (χ0v) is 16.3. The Hall–Kier alpha value is -2.99. The molecule has 1 aromatic carbocycles. The third kappa shape index (κ3) is 3.82. The Morgan fingerprint density at radius 1 is 1.18 bits per heavy atom. The molecule has 1 aliphatic heterocycles. The van der Waals surface area contributed by atoms with Crippen LogP contribution in [-0.4, -0.2) is 44.0 Å². The van der Waals surface area contributed by atoms with E-state index in [0.717, 1.165) is 25.3 Å². The quantitative estimate of drug-likeness (QED) is 0.745. The summed E-state index contributed by atoms with van der Waals surface area (Å²) >= 11 is 0. The molecule has 0 fully saturated rings. The first-order chi connectivity index (χ1) is 13.5. The van der Waals surface area contributed by atoms with Crippen LogP contribution in [0.25, 0.3) is 5.82 Å². The number of hydrogen-bond acceptors (Lipinski definition) is 4. The molecular formula is C22H25N5O. The molecule has 1 aliphatic rings. The van der Waals surface area contributed by atoms with Crippen LogP contribution in [0.4, 0.5) is 0 Å². The Balaban J connectivity index is 1.37. The number of nitrogens with zero attached hydrogens (tertiary/aromatic N) is 4. The van der Waals surface area contributed by atoms with Crippen LogP contribution >= 0.6 is 0 Å². The Bertz CT molecular complexity index is 947. The van der Waals surface area contributed by atoms with Crippen LogP contribution in [0.15, 0.2) is 61.3 Å². The number of carbonyl (C=O) groups excluding carboxylic acids is 1. The first-order valence-electron chi connectivity index (χ1n) is 9.57. The van der Waals surface area contributed by atoms with Gasteiger partial charge >= 0.3 is 0 Å². The number of pyridine rings is 1. The van der Waals surface area contributed by atoms with Crippen molar-refractivity contribution in [2.45, 2.75) is 32.4 Å². The minimum atomic E-state index is -0.132. The van der Waals surface area contributed by atoms with E-state index in [1.54, 1.807) is 29.4 Å². The molecule has 1 N–H and O–H groups in total. The second-order valence-corrected chi connectivity index (χ2v) is 7.81. The van der Waals surface area contributed by atoms with Crippen molar-refractivity contribution in [3.63, 3.8) is 0 Å². The van der Waals surface area contributed by atoms with Gasteiger partial charge in [0.2, 0.25) is 0 Å². The van der Waals surface area contributed by atoms with Crippen LogP contribution in [0.3, 0.4) is 0 Å². The van der Waals surface area contributed by atoms with E-state index in [2.05, 4.69) is 58.3 Å². The molecule has 3 aromatic rings. The average Bonchev–Trinajstić information content (AvgIpc) is 3.27. The lowest BCUT2D eigenvalue weighted by Crippen LogP contribution is -2.53. The summed E-state index contributed by atoms with van der Waals surface area (Å²) < 4.78 is 1.80. The van der Waals surface area contributed by atoms with E-state index >= 15 is 0 Å². The molecule has 0 unspecified atom stereocenters. The molecular weight excluding hydrogens is 350 g/mol. The number of imidazole rings is 1. The Labute approximate surface area is 165 Å². The van der Waals surface area contributed by atoms with Crippen molar-refractivity contribution in [3.05, 3.63) is 78.0 Å². The minimum Gasteiger partial charge on any atom is -0.350 e. The lowest BCUT2D eigenvalue weighted by Gasteiger charge is -2.41. The molecule has 2 aromatic heterocycles. The predicted octanol–water partition coefficient (Wildman–Crippen LogP) is 2.83. The van der Waals surface area contributed by atoms with Crippen molar-refractivity contribution >= 4 is 5.91 Å². The zero-order chi connectivity index (χ0) is 19.6. The normalized spacial score (nSPS) is 14.5. The van der Waals surface area contributed by atoms with Gasteiger partial charge in [-0.25, -0.2) is 9.97 Å². The van der Waals surface area contributed by atoms with Gasteiger partial charge in [0.25, 0.3) is 5.91 Å². The third-order valence-electron chi connectivity index (χ3n) is 5.45. The fourth-order valence-electron chi connectivity index (χ4n) is 3.59. The predicted molar refractivity (Wildman–Crippen MR) is 108 cm³/mol. The van der Waals surface area contributed by atoms with Crippen LogP contribution in [0.5, 0.6) is 0 Å². The van der Waals surface area contributed by atoms with Crippen molar-refractivity contribution in [2.75, 3.05) is 13.1 Å². The van der Waals surface area contributed by atoms with E-state index in [1.165, 1.54) is 11.1 Å². The monoisotopic (exact) mass is 375 g/mol. The molecule has 3 heterocycles. The summed E-state index contributed by atoms with van der Waals surface area (Å²) in [4.78, 5) is 23.4. The lowest BCUT2D eigenvalue weighted by atomic mass is 9.94. The summed E-state index contributed by atoms with van der Waals surface area (Å²) in [6.45, 7) is 6.86. The molecule has 0 bridgehead atoms. The van der Waals surface area contributed by atoms with Crippen molar-refractivity contribution in [3.8, 4) is 5.82 Å². The largest absolute Gasteiger partial charge is 0.350 e. The van der Waals surface area contributed by atoms with Crippen molar-refractivity contribution < 1.29 is 4.79 Å². The highest BCUT2D eigenvalue weighted by Crippen LogP contribution is 2.25. The van der Waals surface area contributed by atoms with Gasteiger partial charge in [0.1, 0.15) is 12.1 Å². The molecule has 6 heteroatoms. The van der Waals surface area contributed by atoms with E-state index in [1.807, 2.05) is 12.3 Å². The summed E-state index contributed by atoms with van der Waals surface area (Å²) in [5.74, 6) is 0.636. The fourth-order valence-corrected chi connectivity index (χ4v) is 3.59. The number of amides is 1. The molecule has 0 saturated heterocycles. The van der Waals surface area contributed by atoms with E-state index in [0.29, 0.717) is 12.1 Å². The number of nitrogens with one attached hydrogen (secondary N) is 1. The fraction of sp³-hybridized carbons (Fsp3) is 0.318. The molecule has 0 radical (unpaired) electrons. The summed E-state index contributed by atoms with van der Waals surface area (Å²) in [6.07, 6.45) is 7.86. The second kappa shape index (κ2) is 7.56. The van der Waals surface area contributed by atoms with Gasteiger partial charge in [-0.2, -0.15) is 0 Å². The van der Waals surface area contributed by atoms with E-state index in [4.69, 9.17) is 0 Å². The Morgan fingerprint density at radius 2 is 2.00 bits per heavy atom. The Kier molecular flexibility index (Phi) is 4.96. The third-order valence-corrected chi connectivity index (χ3v) is 5.45. The standard InChI is InChI=1S/C22H25N5O/c1-22(2,27-11-9-17-5-3-4-6-19(17)14-27)15-25-21(28)18-7-8-20(24-13-18)26-12-10-23-16-26/h3-8,10,12-13,16H,9,11,14-15H2,1-2H3,(H,25,28). The number of benzene rings is 1. The second-order valence-electron chi connectivity index (χ2n) is 7.81. The number of aromatic nitrogens is 3. The number of hydrogen-bond donors (Lipinski definition) is 1. The van der Waals surface area contributed by atoms with Crippen LogP contribution in [0.2, 0.25) is 0 Å². The smallest absolute Gasteiger partial charge is 0.252 e. The average molecular weight is 375 g/mol. The number of fused-ring (bicyclic) bond motifs is 1. The molecule has 6 nitrogen and oxygen atoms in total. The molecule has 28 heavy (non-hydrogen) atoms. The van der Waals surface area contributed by atoms with Gasteiger partial charge in [-0.05, 0) is 43.5 Å². The van der Waals surface area contributed by atoms with Gasteiger partial charge in [0.15, 0.2) is 0 Å². The number of carbonyl (C=O) groups is 1. The van der Waals surface area contributed by atoms with Crippen molar-refractivity contribution in [2.24, 2.45) is 0 Å². The summed E-state index contributed by atoms with van der Waals surface area (Å²) in [5, 5.41) is 3.07. The maximum absolute atomic E-state index is 12.6. The lowest BCUT2D eigenvalue weighted by molar-refractivity contribution is 0.0826. The summed E-state index contributed by atoms with van der Waals surface area (Å²) in [7, 11) is 0. The minimum absolute atomic E-state index is 0.102. The van der Waals surface area contributed by atoms with E-state index in [-0.39, 0.29) is 11.4 Å². The van der Waals surface area contributed by atoms with Crippen molar-refractivity contribution in [1.29, 1.82) is 0 Å². The molecule has 0 atom stereocenters. The summed E-state index contributed by atoms with van der Waals surface area (Å²) in [6, 6.07) is 12.2. The molecule has 1 amide bonds. The first kappa shape index (κ1) is 18.4. The zero-order valence-electron chi connectivity index (χ0n) is 16.3. The van der Waals surface area contributed by atoms with Gasteiger partial charge < -0.3 is 5.32 Å². The van der Waals surface area contributed by atoms with Gasteiger partial charge in [-0.1, -0.05) is 24.3 Å².